The van der Waals surface area contributed by atoms with Gasteiger partial charge in [-0.1, -0.05) is 60.7 Å². The van der Waals surface area contributed by atoms with Gasteiger partial charge in [0.1, 0.15) is 12.3 Å². The van der Waals surface area contributed by atoms with Crippen LogP contribution in [0, 0.1) is 0 Å². The zero-order chi connectivity index (χ0) is 21.1. The number of aldehydes is 1. The first-order valence-corrected chi connectivity index (χ1v) is 8.95. The van der Waals surface area contributed by atoms with Crippen LogP contribution >= 0.6 is 0 Å². The summed E-state index contributed by atoms with van der Waals surface area (Å²) in [7, 11) is 1.21. The summed E-state index contributed by atoms with van der Waals surface area (Å²) in [6, 6.07) is 16.2. The molecule has 0 heterocycles. The van der Waals surface area contributed by atoms with Crippen molar-refractivity contribution in [3.63, 3.8) is 0 Å². The van der Waals surface area contributed by atoms with E-state index < -0.39 is 30.5 Å². The van der Waals surface area contributed by atoms with Crippen molar-refractivity contribution in [2.75, 3.05) is 13.7 Å². The number of carbonyl (C=O) groups excluding carboxylic acids is 4. The highest BCUT2D eigenvalue weighted by Crippen LogP contribution is 2.07. The molecule has 0 bridgehead atoms. The maximum atomic E-state index is 12.6. The Bertz CT molecular complexity index is 865. The van der Waals surface area contributed by atoms with Crippen molar-refractivity contribution in [2.24, 2.45) is 0 Å². The molecule has 0 aliphatic heterocycles. The summed E-state index contributed by atoms with van der Waals surface area (Å²) in [5.74, 6) is -1.33. The van der Waals surface area contributed by atoms with Crippen molar-refractivity contribution < 1.29 is 23.9 Å². The molecule has 0 spiro atoms. The molecule has 0 radical (unpaired) electrons. The zero-order valence-corrected chi connectivity index (χ0v) is 16.0. The number of carbonyl (C=O) groups is 4. The van der Waals surface area contributed by atoms with Gasteiger partial charge in [0.25, 0.3) is 5.91 Å². The van der Waals surface area contributed by atoms with E-state index in [0.29, 0.717) is 6.29 Å². The van der Waals surface area contributed by atoms with Crippen LogP contribution in [0.25, 0.3) is 6.08 Å². The Hall–Kier alpha value is -3.74. The van der Waals surface area contributed by atoms with Crippen molar-refractivity contribution in [1.29, 1.82) is 0 Å². The van der Waals surface area contributed by atoms with E-state index in [9.17, 15) is 19.2 Å². The summed E-state index contributed by atoms with van der Waals surface area (Å²) in [5.41, 5.74) is 1.57. The van der Waals surface area contributed by atoms with E-state index in [0.717, 1.165) is 16.0 Å². The predicted molar refractivity (Wildman–Crippen MR) is 108 cm³/mol. The molecule has 0 aliphatic carbocycles. The quantitative estimate of drug-likeness (QED) is 0.421. The van der Waals surface area contributed by atoms with Crippen LogP contribution in [0.5, 0.6) is 0 Å². The fraction of sp³-hybridized carbons (Fsp3) is 0.182. The number of imide groups is 1. The molecule has 0 saturated heterocycles. The lowest BCUT2D eigenvalue weighted by molar-refractivity contribution is -0.143. The minimum absolute atomic E-state index is 0.183. The number of rotatable bonds is 8. The SMILES string of the molecule is COC(=O)C(Cc1ccccc1)NC(=O)N(CC=O)C(=O)C=Cc1ccccc1. The van der Waals surface area contributed by atoms with Crippen molar-refractivity contribution >= 4 is 30.3 Å². The Morgan fingerprint density at radius 3 is 2.24 bits per heavy atom. The molecule has 0 fully saturated rings. The smallest absolute Gasteiger partial charge is 0.328 e. The van der Waals surface area contributed by atoms with Gasteiger partial charge < -0.3 is 14.8 Å². The van der Waals surface area contributed by atoms with E-state index in [1.807, 2.05) is 36.4 Å². The van der Waals surface area contributed by atoms with E-state index in [1.54, 1.807) is 24.3 Å². The largest absolute Gasteiger partial charge is 0.467 e. The predicted octanol–water partition coefficient (Wildman–Crippen LogP) is 2.22. The minimum atomic E-state index is -1.00. The van der Waals surface area contributed by atoms with Crippen LogP contribution in [0.2, 0.25) is 0 Å². The fourth-order valence-corrected chi connectivity index (χ4v) is 2.58. The fourth-order valence-electron chi connectivity index (χ4n) is 2.58. The molecule has 29 heavy (non-hydrogen) atoms. The van der Waals surface area contributed by atoms with Gasteiger partial charge in [-0.2, -0.15) is 0 Å². The lowest BCUT2D eigenvalue weighted by atomic mass is 10.1. The Labute approximate surface area is 169 Å². The third-order valence-corrected chi connectivity index (χ3v) is 4.05. The molecule has 0 aromatic heterocycles. The average molecular weight is 394 g/mol. The number of ether oxygens (including phenoxy) is 1. The molecule has 1 atom stereocenters. The second kappa shape index (κ2) is 11.2. The second-order valence-electron chi connectivity index (χ2n) is 6.07. The van der Waals surface area contributed by atoms with Crippen LogP contribution in [0.4, 0.5) is 4.79 Å². The summed E-state index contributed by atoms with van der Waals surface area (Å²) < 4.78 is 4.75. The molecule has 7 nitrogen and oxygen atoms in total. The highest BCUT2D eigenvalue weighted by atomic mass is 16.5. The van der Waals surface area contributed by atoms with E-state index in [4.69, 9.17) is 4.74 Å². The van der Waals surface area contributed by atoms with Crippen molar-refractivity contribution in [3.8, 4) is 0 Å². The van der Waals surface area contributed by atoms with Crippen LogP contribution in [0.15, 0.2) is 66.7 Å². The van der Waals surface area contributed by atoms with Gasteiger partial charge in [0, 0.05) is 12.5 Å². The van der Waals surface area contributed by atoms with E-state index in [2.05, 4.69) is 5.32 Å². The highest BCUT2D eigenvalue weighted by Gasteiger charge is 2.26. The number of methoxy groups -OCH3 is 1. The third-order valence-electron chi connectivity index (χ3n) is 4.05. The van der Waals surface area contributed by atoms with Gasteiger partial charge in [0.2, 0.25) is 0 Å². The number of amides is 3. The third kappa shape index (κ3) is 6.73. The Morgan fingerprint density at radius 2 is 1.66 bits per heavy atom. The first-order chi connectivity index (χ1) is 14.0. The molecule has 0 aliphatic rings. The van der Waals surface area contributed by atoms with Gasteiger partial charge in [0.15, 0.2) is 0 Å². The van der Waals surface area contributed by atoms with Crippen molar-refractivity contribution in [3.05, 3.63) is 77.9 Å². The molecule has 1 N–H and O–H groups in total. The van der Waals surface area contributed by atoms with Crippen molar-refractivity contribution in [2.45, 2.75) is 12.5 Å². The summed E-state index contributed by atoms with van der Waals surface area (Å²) in [6.45, 7) is -0.441. The lowest BCUT2D eigenvalue weighted by Gasteiger charge is -2.22. The second-order valence-corrected chi connectivity index (χ2v) is 6.07. The van der Waals surface area contributed by atoms with Gasteiger partial charge >= 0.3 is 12.0 Å². The van der Waals surface area contributed by atoms with Gasteiger partial charge in [-0.3, -0.25) is 9.69 Å². The standard InChI is InChI=1S/C22H22N2O5/c1-29-21(27)19(16-18-10-6-3-7-11-18)23-22(28)24(14-15-25)20(26)13-12-17-8-4-2-5-9-17/h2-13,15,19H,14,16H2,1H3,(H,23,28). The summed E-state index contributed by atoms with van der Waals surface area (Å²) in [6.07, 6.45) is 3.36. The summed E-state index contributed by atoms with van der Waals surface area (Å²) in [5, 5.41) is 2.48. The molecule has 3 amide bonds. The Balaban J connectivity index is 2.12. The van der Waals surface area contributed by atoms with Crippen LogP contribution in [-0.4, -0.2) is 48.8 Å². The van der Waals surface area contributed by atoms with Gasteiger partial charge in [-0.15, -0.1) is 0 Å². The number of benzene rings is 2. The Kier molecular flexibility index (Phi) is 8.31. The first-order valence-electron chi connectivity index (χ1n) is 8.95. The highest BCUT2D eigenvalue weighted by molar-refractivity contribution is 6.04. The maximum absolute atomic E-state index is 12.6. The molecule has 0 saturated carbocycles. The topological polar surface area (TPSA) is 92.8 Å². The molecule has 2 aromatic carbocycles. The normalized spacial score (nSPS) is 11.5. The summed E-state index contributed by atoms with van der Waals surface area (Å²) >= 11 is 0. The average Bonchev–Trinajstić information content (AvgIpc) is 2.76. The van der Waals surface area contributed by atoms with Crippen LogP contribution in [-0.2, 0) is 25.5 Å². The summed E-state index contributed by atoms with van der Waals surface area (Å²) in [4.78, 5) is 48.8. The molecule has 1 unspecified atom stereocenters. The number of hydrogen-bond acceptors (Lipinski definition) is 5. The van der Waals surface area contributed by atoms with E-state index in [-0.39, 0.29) is 6.42 Å². The number of nitrogens with zero attached hydrogens (tertiary/aromatic N) is 1. The van der Waals surface area contributed by atoms with Crippen LogP contribution in [0.3, 0.4) is 0 Å². The number of hydrogen-bond donors (Lipinski definition) is 1. The zero-order valence-electron chi connectivity index (χ0n) is 16.0. The maximum Gasteiger partial charge on any atom is 0.328 e. The van der Waals surface area contributed by atoms with Gasteiger partial charge in [0.05, 0.1) is 13.7 Å². The van der Waals surface area contributed by atoms with Crippen LogP contribution < -0.4 is 5.32 Å². The molecular formula is C22H22N2O5. The molecule has 2 aromatic rings. The van der Waals surface area contributed by atoms with Crippen LogP contribution in [0.1, 0.15) is 11.1 Å². The number of nitrogens with one attached hydrogen (secondary N) is 1. The monoisotopic (exact) mass is 394 g/mol. The molecule has 2 rings (SSSR count). The van der Waals surface area contributed by atoms with Gasteiger partial charge in [-0.25, -0.2) is 9.59 Å². The number of esters is 1. The first kappa shape index (κ1) is 21.6. The van der Waals surface area contributed by atoms with Crippen molar-refractivity contribution in [1.82, 2.24) is 10.2 Å². The number of urea groups is 1. The van der Waals surface area contributed by atoms with E-state index >= 15 is 0 Å². The van der Waals surface area contributed by atoms with Gasteiger partial charge in [-0.05, 0) is 17.2 Å². The Morgan fingerprint density at radius 1 is 1.03 bits per heavy atom. The lowest BCUT2D eigenvalue weighted by Crippen LogP contribution is -2.51. The minimum Gasteiger partial charge on any atom is -0.467 e. The molecular weight excluding hydrogens is 372 g/mol. The molecule has 7 heteroatoms. The van der Waals surface area contributed by atoms with E-state index in [1.165, 1.54) is 19.3 Å². The molecule has 150 valence electrons.